The van der Waals surface area contributed by atoms with Crippen LogP contribution in [0.5, 0.6) is 0 Å². The minimum absolute atomic E-state index is 0.0569. The van der Waals surface area contributed by atoms with Crippen molar-refractivity contribution in [3.63, 3.8) is 0 Å². The SMILES string of the molecule is CCCC[C@H](NC(=O)C1(NC(=O)N2CCOCC2)CCCCC1)C(=O)C(=O)N[C@H]1CCCCC1=O. The summed E-state index contributed by atoms with van der Waals surface area (Å²) in [6.07, 6.45) is 7.82. The van der Waals surface area contributed by atoms with E-state index in [1.165, 1.54) is 0 Å². The molecule has 4 amide bonds. The van der Waals surface area contributed by atoms with Crippen LogP contribution in [0.2, 0.25) is 0 Å². The molecule has 3 N–H and O–H groups in total. The molecule has 0 bridgehead atoms. The molecule has 3 aliphatic rings. The standard InChI is InChI=1S/C25H40N4O6/c1-2-3-9-19(21(31)22(32)26-18-10-5-6-11-20(18)30)27-23(33)25(12-7-4-8-13-25)28-24(34)29-14-16-35-17-15-29/h18-19H,2-17H2,1H3,(H,26,32)(H,27,33)(H,28,34)/t18-,19-/m0/s1. The number of rotatable bonds is 9. The van der Waals surface area contributed by atoms with Gasteiger partial charge in [-0.2, -0.15) is 0 Å². The number of nitrogens with one attached hydrogen (secondary N) is 3. The van der Waals surface area contributed by atoms with Crippen molar-refractivity contribution in [2.24, 2.45) is 0 Å². The van der Waals surface area contributed by atoms with Crippen LogP contribution in [0.3, 0.4) is 0 Å². The number of hydrogen-bond donors (Lipinski definition) is 3. The van der Waals surface area contributed by atoms with Gasteiger partial charge in [0.25, 0.3) is 5.91 Å². The molecule has 1 aliphatic heterocycles. The Labute approximate surface area is 207 Å². The fourth-order valence-corrected chi connectivity index (χ4v) is 5.11. The lowest BCUT2D eigenvalue weighted by molar-refractivity contribution is -0.142. The van der Waals surface area contributed by atoms with Gasteiger partial charge in [0.2, 0.25) is 11.7 Å². The first kappa shape index (κ1) is 27.1. The summed E-state index contributed by atoms with van der Waals surface area (Å²) in [4.78, 5) is 66.1. The molecule has 196 valence electrons. The molecule has 0 aromatic carbocycles. The predicted octanol–water partition coefficient (Wildman–Crippen LogP) is 1.60. The fourth-order valence-electron chi connectivity index (χ4n) is 5.11. The first-order valence-corrected chi connectivity index (χ1v) is 13.2. The number of morpholine rings is 1. The van der Waals surface area contributed by atoms with Crippen LogP contribution in [-0.4, -0.2) is 78.2 Å². The quantitative estimate of drug-likeness (QED) is 0.419. The summed E-state index contributed by atoms with van der Waals surface area (Å²) in [7, 11) is 0. The van der Waals surface area contributed by atoms with Gasteiger partial charge < -0.3 is 25.6 Å². The lowest BCUT2D eigenvalue weighted by Crippen LogP contribution is -2.64. The van der Waals surface area contributed by atoms with E-state index in [4.69, 9.17) is 4.74 Å². The van der Waals surface area contributed by atoms with E-state index in [2.05, 4.69) is 16.0 Å². The minimum atomic E-state index is -1.12. The van der Waals surface area contributed by atoms with Crippen molar-refractivity contribution < 1.29 is 28.7 Å². The molecule has 3 rings (SSSR count). The molecule has 0 spiro atoms. The van der Waals surface area contributed by atoms with Crippen molar-refractivity contribution in [2.45, 2.75) is 102 Å². The van der Waals surface area contributed by atoms with Crippen molar-refractivity contribution in [2.75, 3.05) is 26.3 Å². The van der Waals surface area contributed by atoms with Crippen LogP contribution < -0.4 is 16.0 Å². The molecule has 1 saturated heterocycles. The van der Waals surface area contributed by atoms with Crippen molar-refractivity contribution >= 4 is 29.4 Å². The van der Waals surface area contributed by atoms with Crippen molar-refractivity contribution in [1.29, 1.82) is 0 Å². The Kier molecular flexibility index (Phi) is 10.1. The molecular formula is C25H40N4O6. The highest BCUT2D eigenvalue weighted by Crippen LogP contribution is 2.29. The Morgan fingerprint density at radius 3 is 2.43 bits per heavy atom. The average Bonchev–Trinajstić information content (AvgIpc) is 2.88. The van der Waals surface area contributed by atoms with Gasteiger partial charge in [0.1, 0.15) is 5.54 Å². The van der Waals surface area contributed by atoms with Gasteiger partial charge in [-0.15, -0.1) is 0 Å². The number of hydrogen-bond acceptors (Lipinski definition) is 6. The second-order valence-corrected chi connectivity index (χ2v) is 9.94. The fraction of sp³-hybridized carbons (Fsp3) is 0.800. The third kappa shape index (κ3) is 7.25. The third-order valence-corrected chi connectivity index (χ3v) is 7.34. The van der Waals surface area contributed by atoms with Gasteiger partial charge in [0.05, 0.1) is 25.3 Å². The lowest BCUT2D eigenvalue weighted by Gasteiger charge is -2.39. The molecule has 0 unspecified atom stereocenters. The number of nitrogens with zero attached hydrogens (tertiary/aromatic N) is 1. The molecule has 0 aromatic rings. The molecule has 10 nitrogen and oxygen atoms in total. The lowest BCUT2D eigenvalue weighted by atomic mass is 9.80. The molecule has 2 saturated carbocycles. The second kappa shape index (κ2) is 13.0. The molecule has 35 heavy (non-hydrogen) atoms. The minimum Gasteiger partial charge on any atom is -0.378 e. The summed E-state index contributed by atoms with van der Waals surface area (Å²) < 4.78 is 5.31. The molecule has 0 aromatic heterocycles. The highest BCUT2D eigenvalue weighted by Gasteiger charge is 2.43. The van der Waals surface area contributed by atoms with Crippen molar-refractivity contribution in [1.82, 2.24) is 20.9 Å². The van der Waals surface area contributed by atoms with Gasteiger partial charge in [-0.05, 0) is 32.1 Å². The Morgan fingerprint density at radius 1 is 1.06 bits per heavy atom. The van der Waals surface area contributed by atoms with Crippen LogP contribution in [0.15, 0.2) is 0 Å². The molecular weight excluding hydrogens is 452 g/mol. The molecule has 1 heterocycles. The summed E-state index contributed by atoms with van der Waals surface area (Å²) in [5.41, 5.74) is -1.12. The zero-order valence-corrected chi connectivity index (χ0v) is 20.9. The number of ketones is 2. The second-order valence-electron chi connectivity index (χ2n) is 9.94. The van der Waals surface area contributed by atoms with Crippen molar-refractivity contribution in [3.05, 3.63) is 0 Å². The van der Waals surface area contributed by atoms with E-state index >= 15 is 0 Å². The van der Waals surface area contributed by atoms with E-state index in [1.807, 2.05) is 6.92 Å². The molecule has 0 radical (unpaired) electrons. The first-order valence-electron chi connectivity index (χ1n) is 13.2. The highest BCUT2D eigenvalue weighted by atomic mass is 16.5. The zero-order valence-electron chi connectivity index (χ0n) is 20.9. The number of carbonyl (C=O) groups is 5. The third-order valence-electron chi connectivity index (χ3n) is 7.34. The Bertz CT molecular complexity index is 789. The number of unbranched alkanes of at least 4 members (excludes halogenated alkanes) is 1. The summed E-state index contributed by atoms with van der Waals surface area (Å²) >= 11 is 0. The topological polar surface area (TPSA) is 134 Å². The number of carbonyl (C=O) groups excluding carboxylic acids is 5. The number of ether oxygens (including phenoxy) is 1. The van der Waals surface area contributed by atoms with Crippen LogP contribution in [0.25, 0.3) is 0 Å². The average molecular weight is 493 g/mol. The van der Waals surface area contributed by atoms with E-state index in [-0.39, 0.29) is 11.8 Å². The van der Waals surface area contributed by atoms with Crippen molar-refractivity contribution in [3.8, 4) is 0 Å². The van der Waals surface area contributed by atoms with Crippen LogP contribution in [0.4, 0.5) is 4.79 Å². The highest BCUT2D eigenvalue weighted by molar-refractivity contribution is 6.38. The van der Waals surface area contributed by atoms with Gasteiger partial charge in [0, 0.05) is 19.5 Å². The number of urea groups is 1. The van der Waals surface area contributed by atoms with E-state index in [9.17, 15) is 24.0 Å². The number of amides is 4. The first-order chi connectivity index (χ1) is 16.9. The maximum Gasteiger partial charge on any atom is 0.318 e. The maximum absolute atomic E-state index is 13.6. The summed E-state index contributed by atoms with van der Waals surface area (Å²) in [5, 5.41) is 8.36. The normalized spacial score (nSPS) is 23.2. The number of Topliss-reactive ketones (excluding diaryl/α,β-unsaturated/α-hetero) is 2. The van der Waals surface area contributed by atoms with E-state index in [1.54, 1.807) is 4.90 Å². The van der Waals surface area contributed by atoms with E-state index in [0.717, 1.165) is 38.5 Å². The van der Waals surface area contributed by atoms with Crippen LogP contribution in [0.1, 0.15) is 84.0 Å². The molecule has 2 aliphatic carbocycles. The predicted molar refractivity (Wildman–Crippen MR) is 129 cm³/mol. The molecule has 10 heteroatoms. The van der Waals surface area contributed by atoms with Crippen LogP contribution >= 0.6 is 0 Å². The van der Waals surface area contributed by atoms with Crippen LogP contribution in [0, 0.1) is 0 Å². The summed E-state index contributed by atoms with van der Waals surface area (Å²) in [6, 6.07) is -1.95. The Morgan fingerprint density at radius 2 is 1.77 bits per heavy atom. The van der Waals surface area contributed by atoms with Gasteiger partial charge in [0.15, 0.2) is 5.78 Å². The van der Waals surface area contributed by atoms with Gasteiger partial charge in [-0.3, -0.25) is 19.2 Å². The Balaban J connectivity index is 1.69. The molecule has 3 fully saturated rings. The Hall–Kier alpha value is -2.49. The van der Waals surface area contributed by atoms with E-state index < -0.39 is 35.2 Å². The monoisotopic (exact) mass is 492 g/mol. The largest absolute Gasteiger partial charge is 0.378 e. The van der Waals surface area contributed by atoms with Gasteiger partial charge in [-0.1, -0.05) is 45.4 Å². The zero-order chi connectivity index (χ0) is 25.3. The maximum atomic E-state index is 13.6. The van der Waals surface area contributed by atoms with Crippen LogP contribution in [-0.2, 0) is 23.9 Å². The molecule has 2 atom stereocenters. The van der Waals surface area contributed by atoms with E-state index in [0.29, 0.717) is 64.8 Å². The van der Waals surface area contributed by atoms with Gasteiger partial charge >= 0.3 is 6.03 Å². The van der Waals surface area contributed by atoms with Gasteiger partial charge in [-0.25, -0.2) is 4.79 Å². The summed E-state index contributed by atoms with van der Waals surface area (Å²) in [5.74, 6) is -2.05. The summed E-state index contributed by atoms with van der Waals surface area (Å²) in [6.45, 7) is 3.80. The smallest absolute Gasteiger partial charge is 0.318 e.